The van der Waals surface area contributed by atoms with E-state index in [1.165, 1.54) is 6.07 Å². The fraction of sp³-hybridized carbons (Fsp3) is 0.222. The molecule has 0 fully saturated rings. The lowest BCUT2D eigenvalue weighted by Gasteiger charge is -2.10. The van der Waals surface area contributed by atoms with Gasteiger partial charge >= 0.3 is 0 Å². The van der Waals surface area contributed by atoms with Crippen LogP contribution in [0.3, 0.4) is 0 Å². The molecule has 1 atom stereocenters. The third kappa shape index (κ3) is 4.55. The zero-order chi connectivity index (χ0) is 16.9. The Morgan fingerprint density at radius 1 is 1.28 bits per heavy atom. The number of rotatable bonds is 5. The minimum atomic E-state index is -0.688. The maximum absolute atomic E-state index is 13.9. The monoisotopic (exact) mass is 363 g/mol. The van der Waals surface area contributed by atoms with Gasteiger partial charge in [0.1, 0.15) is 5.82 Å². The maximum atomic E-state index is 13.9. The van der Waals surface area contributed by atoms with Crippen molar-refractivity contribution in [3.8, 4) is 0 Å². The summed E-state index contributed by atoms with van der Waals surface area (Å²) in [7, 11) is 0. The first kappa shape index (κ1) is 18.9. The summed E-state index contributed by atoms with van der Waals surface area (Å²) >= 11 is 0. The number of hydrogen-bond acceptors (Lipinski definition) is 4. The van der Waals surface area contributed by atoms with Gasteiger partial charge in [-0.2, -0.15) is 0 Å². The fourth-order valence-corrected chi connectivity index (χ4v) is 2.48. The molecule has 0 aromatic heterocycles. The third-order valence-corrected chi connectivity index (χ3v) is 3.87. The van der Waals surface area contributed by atoms with E-state index in [1.54, 1.807) is 12.1 Å². The molecule has 3 N–H and O–H groups in total. The van der Waals surface area contributed by atoms with Crippen LogP contribution in [0.2, 0.25) is 0 Å². The smallest absolute Gasteiger partial charge is 0.264 e. The third-order valence-electron chi connectivity index (χ3n) is 3.87. The molecule has 3 rings (SSSR count). The van der Waals surface area contributed by atoms with Crippen molar-refractivity contribution >= 4 is 24.0 Å². The second-order valence-electron chi connectivity index (χ2n) is 5.55. The van der Waals surface area contributed by atoms with Crippen LogP contribution in [0.15, 0.2) is 53.7 Å². The van der Waals surface area contributed by atoms with Crippen LogP contribution in [0.5, 0.6) is 0 Å². The molecule has 0 bridgehead atoms. The van der Waals surface area contributed by atoms with Gasteiger partial charge < -0.3 is 15.9 Å². The summed E-state index contributed by atoms with van der Waals surface area (Å²) < 4.78 is 13.9. The first-order chi connectivity index (χ1) is 11.7. The minimum absolute atomic E-state index is 0. The van der Waals surface area contributed by atoms with E-state index in [0.29, 0.717) is 17.5 Å². The number of nitrogens with one attached hydrogen (secondary N) is 1. The average molecular weight is 364 g/mol. The number of oxime groups is 1. The topological polar surface area (TPSA) is 76.7 Å². The summed E-state index contributed by atoms with van der Waals surface area (Å²) in [6, 6.07) is 14.3. The standard InChI is InChI=1S/C18H18FN3O2.ClH/c19-15-8-12(10-20)6-7-14(15)11-21-18(23)17-9-16(22-24-17)13-4-2-1-3-5-13;/h1-8,17H,9-11,20H2,(H,21,23);1H/t17-;/m0./s1. The maximum Gasteiger partial charge on any atom is 0.264 e. The quantitative estimate of drug-likeness (QED) is 0.857. The molecule has 2 aromatic rings. The van der Waals surface area contributed by atoms with E-state index in [1.807, 2.05) is 30.3 Å². The molecule has 132 valence electrons. The highest BCUT2D eigenvalue weighted by atomic mass is 35.5. The van der Waals surface area contributed by atoms with Gasteiger partial charge in [0, 0.05) is 25.1 Å². The van der Waals surface area contributed by atoms with Crippen LogP contribution >= 0.6 is 12.4 Å². The van der Waals surface area contributed by atoms with Crippen molar-refractivity contribution in [3.05, 3.63) is 71.0 Å². The number of nitrogens with zero attached hydrogens (tertiary/aromatic N) is 1. The van der Waals surface area contributed by atoms with Gasteiger partial charge in [0.15, 0.2) is 0 Å². The second kappa shape index (κ2) is 8.60. The highest BCUT2D eigenvalue weighted by molar-refractivity contribution is 6.04. The molecule has 0 aliphatic carbocycles. The Hall–Kier alpha value is -2.44. The van der Waals surface area contributed by atoms with Crippen molar-refractivity contribution < 1.29 is 14.0 Å². The summed E-state index contributed by atoms with van der Waals surface area (Å²) in [5, 5.41) is 6.65. The summed E-state index contributed by atoms with van der Waals surface area (Å²) in [5.41, 5.74) is 8.24. The van der Waals surface area contributed by atoms with E-state index < -0.39 is 6.10 Å². The van der Waals surface area contributed by atoms with Crippen molar-refractivity contribution in [2.45, 2.75) is 25.6 Å². The predicted molar refractivity (Wildman–Crippen MR) is 95.9 cm³/mol. The van der Waals surface area contributed by atoms with Crippen LogP contribution < -0.4 is 11.1 Å². The lowest BCUT2D eigenvalue weighted by molar-refractivity contribution is -0.131. The Labute approximate surface area is 151 Å². The van der Waals surface area contributed by atoms with Crippen molar-refractivity contribution in [2.24, 2.45) is 10.9 Å². The van der Waals surface area contributed by atoms with Crippen molar-refractivity contribution in [3.63, 3.8) is 0 Å². The zero-order valence-electron chi connectivity index (χ0n) is 13.4. The molecule has 2 aromatic carbocycles. The summed E-state index contributed by atoms with van der Waals surface area (Å²) in [6.07, 6.45) is -0.295. The Kier molecular flexibility index (Phi) is 6.50. The Balaban J connectivity index is 0.00000225. The van der Waals surface area contributed by atoms with Crippen LogP contribution in [0.1, 0.15) is 23.1 Å². The van der Waals surface area contributed by atoms with Crippen LogP contribution in [0.25, 0.3) is 0 Å². The summed E-state index contributed by atoms with van der Waals surface area (Å²) in [6.45, 7) is 0.370. The minimum Gasteiger partial charge on any atom is -0.382 e. The number of halogens is 2. The van der Waals surface area contributed by atoms with Crippen LogP contribution in [-0.2, 0) is 22.7 Å². The second-order valence-corrected chi connectivity index (χ2v) is 5.55. The molecule has 0 spiro atoms. The molecular weight excluding hydrogens is 345 g/mol. The van der Waals surface area contributed by atoms with E-state index in [2.05, 4.69) is 10.5 Å². The van der Waals surface area contributed by atoms with E-state index in [4.69, 9.17) is 10.6 Å². The zero-order valence-corrected chi connectivity index (χ0v) is 14.3. The molecule has 1 heterocycles. The van der Waals surface area contributed by atoms with Crippen LogP contribution in [-0.4, -0.2) is 17.7 Å². The lowest BCUT2D eigenvalue weighted by Crippen LogP contribution is -2.34. The highest BCUT2D eigenvalue weighted by Gasteiger charge is 2.28. The number of nitrogens with two attached hydrogens (primary N) is 1. The van der Waals surface area contributed by atoms with E-state index >= 15 is 0 Å². The van der Waals surface area contributed by atoms with Crippen LogP contribution in [0.4, 0.5) is 4.39 Å². The summed E-state index contributed by atoms with van der Waals surface area (Å²) in [4.78, 5) is 17.4. The molecule has 25 heavy (non-hydrogen) atoms. The molecule has 5 nitrogen and oxygen atoms in total. The largest absolute Gasteiger partial charge is 0.382 e. The first-order valence-electron chi connectivity index (χ1n) is 7.70. The number of carbonyl (C=O) groups excluding carboxylic acids is 1. The van der Waals surface area contributed by atoms with E-state index in [9.17, 15) is 9.18 Å². The SMILES string of the molecule is Cl.NCc1ccc(CNC(=O)[C@@H]2CC(c3ccccc3)=NO2)c(F)c1. The molecule has 0 radical (unpaired) electrons. The van der Waals surface area contributed by atoms with Crippen molar-refractivity contribution in [2.75, 3.05) is 0 Å². The molecule has 0 unspecified atom stereocenters. The van der Waals surface area contributed by atoms with Gasteiger partial charge in [-0.25, -0.2) is 4.39 Å². The molecule has 1 amide bonds. The molecule has 1 aliphatic rings. The van der Waals surface area contributed by atoms with Gasteiger partial charge in [-0.15, -0.1) is 12.4 Å². The normalized spacial score (nSPS) is 15.8. The molecule has 7 heteroatoms. The summed E-state index contributed by atoms with van der Waals surface area (Å²) in [5.74, 6) is -0.696. The molecular formula is C18H19ClFN3O2. The molecule has 0 saturated heterocycles. The van der Waals surface area contributed by atoms with E-state index in [-0.39, 0.29) is 37.2 Å². The lowest BCUT2D eigenvalue weighted by atomic mass is 10.0. The Morgan fingerprint density at radius 3 is 2.72 bits per heavy atom. The Morgan fingerprint density at radius 2 is 2.04 bits per heavy atom. The number of amides is 1. The van der Waals surface area contributed by atoms with Gasteiger partial charge in [0.05, 0.1) is 5.71 Å². The van der Waals surface area contributed by atoms with Gasteiger partial charge in [-0.05, 0) is 17.2 Å². The first-order valence-corrected chi connectivity index (χ1v) is 7.70. The number of hydrogen-bond donors (Lipinski definition) is 2. The highest BCUT2D eigenvalue weighted by Crippen LogP contribution is 2.17. The number of benzene rings is 2. The van der Waals surface area contributed by atoms with Gasteiger partial charge in [0.2, 0.25) is 6.10 Å². The van der Waals surface area contributed by atoms with Gasteiger partial charge in [0.25, 0.3) is 5.91 Å². The Bertz CT molecular complexity index is 768. The van der Waals surface area contributed by atoms with Crippen molar-refractivity contribution in [1.29, 1.82) is 0 Å². The van der Waals surface area contributed by atoms with Gasteiger partial charge in [-0.1, -0.05) is 47.6 Å². The number of carbonyl (C=O) groups is 1. The predicted octanol–water partition coefficient (Wildman–Crippen LogP) is 2.52. The molecule has 1 aliphatic heterocycles. The van der Waals surface area contributed by atoms with E-state index in [0.717, 1.165) is 11.3 Å². The average Bonchev–Trinajstić information content (AvgIpc) is 3.11. The van der Waals surface area contributed by atoms with Gasteiger partial charge in [-0.3, -0.25) is 4.79 Å². The van der Waals surface area contributed by atoms with Crippen molar-refractivity contribution in [1.82, 2.24) is 5.32 Å². The molecule has 0 saturated carbocycles. The van der Waals surface area contributed by atoms with Crippen LogP contribution in [0, 0.1) is 5.82 Å². The fourth-order valence-electron chi connectivity index (χ4n) is 2.48.